The van der Waals surface area contributed by atoms with Crippen LogP contribution in [0.5, 0.6) is 5.75 Å². The minimum atomic E-state index is 0.148. The molecule has 1 aromatic rings. The molecular weight excluding hydrogens is 240 g/mol. The first kappa shape index (κ1) is 15.7. The van der Waals surface area contributed by atoms with Gasteiger partial charge in [0.25, 0.3) is 0 Å². The summed E-state index contributed by atoms with van der Waals surface area (Å²) in [7, 11) is 7.72. The zero-order valence-corrected chi connectivity index (χ0v) is 12.3. The molecular formula is C15H24N2O2. The van der Waals surface area contributed by atoms with Crippen LogP contribution < -0.4 is 4.74 Å². The molecule has 0 saturated heterocycles. The van der Waals surface area contributed by atoms with Crippen molar-refractivity contribution >= 4 is 5.78 Å². The number of ether oxygens (including phenoxy) is 1. The van der Waals surface area contributed by atoms with Crippen molar-refractivity contribution < 1.29 is 9.53 Å². The molecule has 0 amide bonds. The van der Waals surface area contributed by atoms with Gasteiger partial charge in [0, 0.05) is 5.56 Å². The quantitative estimate of drug-likeness (QED) is 0.670. The molecule has 0 spiro atoms. The van der Waals surface area contributed by atoms with Gasteiger partial charge in [0.15, 0.2) is 5.78 Å². The molecule has 0 unspecified atom stereocenters. The van der Waals surface area contributed by atoms with Crippen LogP contribution in [0.2, 0.25) is 0 Å². The first-order valence-corrected chi connectivity index (χ1v) is 6.53. The summed E-state index contributed by atoms with van der Waals surface area (Å²) in [6.07, 6.45) is 1.07. The summed E-state index contributed by atoms with van der Waals surface area (Å²) in [5.74, 6) is 0.922. The summed E-state index contributed by atoms with van der Waals surface area (Å²) in [5, 5.41) is 0. The highest BCUT2D eigenvalue weighted by Gasteiger charge is 2.09. The van der Waals surface area contributed by atoms with Gasteiger partial charge in [-0.25, -0.2) is 0 Å². The molecule has 106 valence electrons. The molecule has 1 rings (SSSR count). The van der Waals surface area contributed by atoms with E-state index >= 15 is 0 Å². The Balaban J connectivity index is 2.40. The lowest BCUT2D eigenvalue weighted by atomic mass is 10.1. The first-order chi connectivity index (χ1) is 9.02. The van der Waals surface area contributed by atoms with Crippen LogP contribution in [-0.2, 0) is 0 Å². The summed E-state index contributed by atoms with van der Waals surface area (Å²) in [6, 6.07) is 7.27. The molecule has 0 saturated carbocycles. The highest BCUT2D eigenvalue weighted by Crippen LogP contribution is 2.12. The Hall–Kier alpha value is -1.39. The summed E-state index contributed by atoms with van der Waals surface area (Å²) in [4.78, 5) is 16.3. The van der Waals surface area contributed by atoms with Crippen molar-refractivity contribution in [2.45, 2.75) is 6.42 Å². The van der Waals surface area contributed by atoms with Crippen molar-refractivity contribution in [2.24, 2.45) is 0 Å². The third-order valence-corrected chi connectivity index (χ3v) is 2.97. The number of hydrogen-bond acceptors (Lipinski definition) is 4. The lowest BCUT2D eigenvalue weighted by Gasteiger charge is -2.17. The van der Waals surface area contributed by atoms with Gasteiger partial charge in [0.2, 0.25) is 0 Å². The van der Waals surface area contributed by atoms with E-state index in [0.29, 0.717) is 6.54 Å². The standard InChI is InChI=1S/C15H24N2O2/c1-16(2)10-5-11-17(3)12-15(18)13-6-8-14(19-4)9-7-13/h6-9H,5,10-12H2,1-4H3. The number of nitrogens with zero attached hydrogens (tertiary/aromatic N) is 2. The molecule has 4 heteroatoms. The summed E-state index contributed by atoms with van der Waals surface area (Å²) < 4.78 is 5.08. The van der Waals surface area contributed by atoms with E-state index in [9.17, 15) is 4.79 Å². The van der Waals surface area contributed by atoms with Gasteiger partial charge >= 0.3 is 0 Å². The fraction of sp³-hybridized carbons (Fsp3) is 0.533. The van der Waals surface area contributed by atoms with Crippen LogP contribution in [0.3, 0.4) is 0 Å². The maximum atomic E-state index is 12.1. The molecule has 0 heterocycles. The predicted molar refractivity (Wildman–Crippen MR) is 78.0 cm³/mol. The van der Waals surface area contributed by atoms with E-state index < -0.39 is 0 Å². The van der Waals surface area contributed by atoms with E-state index in [-0.39, 0.29) is 5.78 Å². The third kappa shape index (κ3) is 5.85. The number of carbonyl (C=O) groups is 1. The highest BCUT2D eigenvalue weighted by atomic mass is 16.5. The molecule has 1 aromatic carbocycles. The number of hydrogen-bond donors (Lipinski definition) is 0. The smallest absolute Gasteiger partial charge is 0.176 e. The van der Waals surface area contributed by atoms with Crippen molar-refractivity contribution in [3.8, 4) is 5.75 Å². The van der Waals surface area contributed by atoms with Crippen LogP contribution in [0.4, 0.5) is 0 Å². The summed E-state index contributed by atoms with van der Waals surface area (Å²) in [6.45, 7) is 2.43. The van der Waals surface area contributed by atoms with E-state index in [2.05, 4.69) is 23.9 Å². The Kier molecular flexibility index (Phi) is 6.53. The molecule has 0 atom stereocenters. The fourth-order valence-corrected chi connectivity index (χ4v) is 1.85. The number of ketones is 1. The number of Topliss-reactive ketones (excluding diaryl/α,β-unsaturated/α-hetero) is 1. The number of methoxy groups -OCH3 is 1. The molecule has 19 heavy (non-hydrogen) atoms. The Bertz CT molecular complexity index is 388. The first-order valence-electron chi connectivity index (χ1n) is 6.53. The molecule has 4 nitrogen and oxygen atoms in total. The van der Waals surface area contributed by atoms with Gasteiger partial charge in [-0.1, -0.05) is 0 Å². The number of rotatable bonds is 8. The minimum Gasteiger partial charge on any atom is -0.497 e. The Morgan fingerprint density at radius 2 is 1.74 bits per heavy atom. The zero-order valence-electron chi connectivity index (χ0n) is 12.3. The maximum absolute atomic E-state index is 12.1. The van der Waals surface area contributed by atoms with Gasteiger partial charge in [-0.2, -0.15) is 0 Å². The Labute approximate surface area is 116 Å². The number of likely N-dealkylation sites (N-methyl/N-ethyl adjacent to an activating group) is 1. The van der Waals surface area contributed by atoms with Crippen molar-refractivity contribution in [3.63, 3.8) is 0 Å². The van der Waals surface area contributed by atoms with E-state index in [1.807, 2.05) is 31.3 Å². The summed E-state index contributed by atoms with van der Waals surface area (Å²) in [5.41, 5.74) is 0.736. The van der Waals surface area contributed by atoms with Crippen LogP contribution in [0.25, 0.3) is 0 Å². The maximum Gasteiger partial charge on any atom is 0.176 e. The second kappa shape index (κ2) is 7.92. The van der Waals surface area contributed by atoms with E-state index in [1.54, 1.807) is 7.11 Å². The molecule has 0 N–H and O–H groups in total. The normalized spacial score (nSPS) is 11.1. The second-order valence-corrected chi connectivity index (χ2v) is 5.05. The Morgan fingerprint density at radius 3 is 2.26 bits per heavy atom. The molecule has 0 aliphatic rings. The second-order valence-electron chi connectivity index (χ2n) is 5.05. The van der Waals surface area contributed by atoms with Gasteiger partial charge in [0.1, 0.15) is 5.75 Å². The minimum absolute atomic E-state index is 0.148. The highest BCUT2D eigenvalue weighted by molar-refractivity contribution is 5.97. The SMILES string of the molecule is COc1ccc(C(=O)CN(C)CCCN(C)C)cc1. The molecule has 0 fully saturated rings. The lowest BCUT2D eigenvalue weighted by Crippen LogP contribution is -2.29. The van der Waals surface area contributed by atoms with E-state index in [0.717, 1.165) is 30.8 Å². The monoisotopic (exact) mass is 264 g/mol. The van der Waals surface area contributed by atoms with Crippen molar-refractivity contribution in [2.75, 3.05) is 47.9 Å². The summed E-state index contributed by atoms with van der Waals surface area (Å²) >= 11 is 0. The fourth-order valence-electron chi connectivity index (χ4n) is 1.85. The van der Waals surface area contributed by atoms with Crippen LogP contribution in [-0.4, -0.2) is 63.5 Å². The van der Waals surface area contributed by atoms with Crippen LogP contribution in [0.15, 0.2) is 24.3 Å². The average Bonchev–Trinajstić information content (AvgIpc) is 2.38. The Morgan fingerprint density at radius 1 is 1.11 bits per heavy atom. The van der Waals surface area contributed by atoms with Crippen LogP contribution in [0, 0.1) is 0 Å². The average molecular weight is 264 g/mol. The lowest BCUT2D eigenvalue weighted by molar-refractivity contribution is 0.0944. The van der Waals surface area contributed by atoms with Crippen LogP contribution >= 0.6 is 0 Å². The van der Waals surface area contributed by atoms with Crippen molar-refractivity contribution in [1.29, 1.82) is 0 Å². The van der Waals surface area contributed by atoms with Gasteiger partial charge in [-0.3, -0.25) is 9.69 Å². The van der Waals surface area contributed by atoms with Crippen molar-refractivity contribution in [3.05, 3.63) is 29.8 Å². The zero-order chi connectivity index (χ0) is 14.3. The van der Waals surface area contributed by atoms with Crippen molar-refractivity contribution in [1.82, 2.24) is 9.80 Å². The molecule has 0 aromatic heterocycles. The molecule has 0 bridgehead atoms. The van der Waals surface area contributed by atoms with Crippen LogP contribution in [0.1, 0.15) is 16.8 Å². The third-order valence-electron chi connectivity index (χ3n) is 2.97. The molecule has 0 aliphatic carbocycles. The number of carbonyl (C=O) groups excluding carboxylic acids is 1. The van der Waals surface area contributed by atoms with E-state index in [4.69, 9.17) is 4.74 Å². The topological polar surface area (TPSA) is 32.8 Å². The van der Waals surface area contributed by atoms with Gasteiger partial charge in [-0.15, -0.1) is 0 Å². The largest absolute Gasteiger partial charge is 0.497 e. The predicted octanol–water partition coefficient (Wildman–Crippen LogP) is 1.76. The van der Waals surface area contributed by atoms with E-state index in [1.165, 1.54) is 0 Å². The number of benzene rings is 1. The molecule has 0 aliphatic heterocycles. The van der Waals surface area contributed by atoms with Gasteiger partial charge in [-0.05, 0) is 64.9 Å². The van der Waals surface area contributed by atoms with Gasteiger partial charge < -0.3 is 9.64 Å². The molecule has 0 radical (unpaired) electrons. The van der Waals surface area contributed by atoms with Gasteiger partial charge in [0.05, 0.1) is 13.7 Å².